The summed E-state index contributed by atoms with van der Waals surface area (Å²) < 4.78 is 16.4. The average Bonchev–Trinajstić information content (AvgIpc) is 2.73. The standard InChI is InChI=1S/C21H27N3O3.HI/c1-22-21(24-12-11-15-7-5-6-8-17(15)14-24)23-13-16-9-10-18(25-2)20(27-4)19(16)26-3;/h5-10H,11-14H2,1-4H3,(H,22,23);1H. The number of hydrogen-bond donors (Lipinski definition) is 1. The number of halogens is 1. The Labute approximate surface area is 183 Å². The van der Waals surface area contributed by atoms with Crippen molar-refractivity contribution in [2.45, 2.75) is 19.5 Å². The van der Waals surface area contributed by atoms with Gasteiger partial charge in [0.2, 0.25) is 5.75 Å². The first-order chi connectivity index (χ1) is 13.2. The molecule has 152 valence electrons. The van der Waals surface area contributed by atoms with Gasteiger partial charge in [-0.15, -0.1) is 24.0 Å². The number of guanidine groups is 1. The quantitative estimate of drug-likeness (QED) is 0.390. The maximum atomic E-state index is 5.57. The van der Waals surface area contributed by atoms with Crippen LogP contribution in [-0.2, 0) is 19.5 Å². The number of aliphatic imine (C=N–C) groups is 1. The fourth-order valence-electron chi connectivity index (χ4n) is 3.49. The zero-order valence-electron chi connectivity index (χ0n) is 16.8. The number of rotatable bonds is 5. The van der Waals surface area contributed by atoms with Crippen molar-refractivity contribution in [1.82, 2.24) is 10.2 Å². The van der Waals surface area contributed by atoms with E-state index in [1.165, 1.54) is 11.1 Å². The van der Waals surface area contributed by atoms with Crippen molar-refractivity contribution in [3.8, 4) is 17.2 Å². The van der Waals surface area contributed by atoms with Crippen LogP contribution in [-0.4, -0.2) is 45.8 Å². The molecule has 1 N–H and O–H groups in total. The Kier molecular flexibility index (Phi) is 8.22. The summed E-state index contributed by atoms with van der Waals surface area (Å²) in [4.78, 5) is 6.74. The van der Waals surface area contributed by atoms with Crippen molar-refractivity contribution in [3.05, 3.63) is 53.1 Å². The predicted molar refractivity (Wildman–Crippen MR) is 122 cm³/mol. The summed E-state index contributed by atoms with van der Waals surface area (Å²) >= 11 is 0. The number of methoxy groups -OCH3 is 3. The summed E-state index contributed by atoms with van der Waals surface area (Å²) in [6.07, 6.45) is 1.02. The summed E-state index contributed by atoms with van der Waals surface area (Å²) in [5.74, 6) is 2.79. The molecule has 1 heterocycles. The molecule has 0 saturated heterocycles. The number of fused-ring (bicyclic) bond motifs is 1. The van der Waals surface area contributed by atoms with Crippen molar-refractivity contribution in [3.63, 3.8) is 0 Å². The highest BCUT2D eigenvalue weighted by Crippen LogP contribution is 2.39. The number of ether oxygens (including phenoxy) is 3. The van der Waals surface area contributed by atoms with Crippen LogP contribution in [0.25, 0.3) is 0 Å². The van der Waals surface area contributed by atoms with Gasteiger partial charge in [0.05, 0.1) is 21.3 Å². The van der Waals surface area contributed by atoms with Gasteiger partial charge in [0.1, 0.15) is 0 Å². The molecule has 0 radical (unpaired) electrons. The van der Waals surface area contributed by atoms with Crippen molar-refractivity contribution >= 4 is 29.9 Å². The van der Waals surface area contributed by atoms with Crippen molar-refractivity contribution in [2.24, 2.45) is 4.99 Å². The van der Waals surface area contributed by atoms with Crippen molar-refractivity contribution in [2.75, 3.05) is 34.9 Å². The van der Waals surface area contributed by atoms with E-state index in [-0.39, 0.29) is 24.0 Å². The summed E-state index contributed by atoms with van der Waals surface area (Å²) in [6.45, 7) is 2.38. The van der Waals surface area contributed by atoms with Gasteiger partial charge in [-0.05, 0) is 29.7 Å². The van der Waals surface area contributed by atoms with Gasteiger partial charge in [-0.25, -0.2) is 0 Å². The van der Waals surface area contributed by atoms with Crippen LogP contribution in [0.2, 0.25) is 0 Å². The van der Waals surface area contributed by atoms with E-state index in [1.807, 2.05) is 19.2 Å². The second-order valence-electron chi connectivity index (χ2n) is 6.33. The van der Waals surface area contributed by atoms with Gasteiger partial charge in [-0.2, -0.15) is 0 Å². The van der Waals surface area contributed by atoms with Gasteiger partial charge in [0.25, 0.3) is 0 Å². The molecule has 2 aromatic carbocycles. The highest BCUT2D eigenvalue weighted by Gasteiger charge is 2.20. The molecule has 0 atom stereocenters. The Hall–Kier alpha value is -2.16. The Morgan fingerprint density at radius 3 is 2.36 bits per heavy atom. The third kappa shape index (κ3) is 4.63. The molecule has 6 nitrogen and oxygen atoms in total. The second kappa shape index (κ2) is 10.4. The third-order valence-corrected chi connectivity index (χ3v) is 4.86. The smallest absolute Gasteiger partial charge is 0.203 e. The van der Waals surface area contributed by atoms with Gasteiger partial charge < -0.3 is 24.4 Å². The van der Waals surface area contributed by atoms with Crippen molar-refractivity contribution < 1.29 is 14.2 Å². The van der Waals surface area contributed by atoms with Crippen LogP contribution in [0.5, 0.6) is 17.2 Å². The van der Waals surface area contributed by atoms with E-state index in [9.17, 15) is 0 Å². The number of benzene rings is 2. The largest absolute Gasteiger partial charge is 0.493 e. The van der Waals surface area contributed by atoms with Crippen LogP contribution < -0.4 is 19.5 Å². The number of nitrogens with one attached hydrogen (secondary N) is 1. The van der Waals surface area contributed by atoms with Crippen LogP contribution in [0, 0.1) is 0 Å². The van der Waals surface area contributed by atoms with Gasteiger partial charge in [-0.3, -0.25) is 4.99 Å². The monoisotopic (exact) mass is 497 g/mol. The summed E-state index contributed by atoms with van der Waals surface area (Å²) in [5.41, 5.74) is 3.76. The third-order valence-electron chi connectivity index (χ3n) is 4.86. The molecule has 0 saturated carbocycles. The lowest BCUT2D eigenvalue weighted by molar-refractivity contribution is 0.321. The molecule has 1 aliphatic heterocycles. The molecule has 0 unspecified atom stereocenters. The minimum Gasteiger partial charge on any atom is -0.493 e. The fraction of sp³-hybridized carbons (Fsp3) is 0.381. The lowest BCUT2D eigenvalue weighted by Crippen LogP contribution is -2.43. The minimum absolute atomic E-state index is 0. The Morgan fingerprint density at radius 1 is 1.00 bits per heavy atom. The van der Waals surface area contributed by atoms with Gasteiger partial charge in [-0.1, -0.05) is 24.3 Å². The van der Waals surface area contributed by atoms with E-state index >= 15 is 0 Å². The van der Waals surface area contributed by atoms with Gasteiger partial charge >= 0.3 is 0 Å². The van der Waals surface area contributed by atoms with E-state index in [0.29, 0.717) is 23.8 Å². The first kappa shape index (κ1) is 22.1. The number of hydrogen-bond acceptors (Lipinski definition) is 4. The highest BCUT2D eigenvalue weighted by atomic mass is 127. The molecule has 3 rings (SSSR count). The zero-order chi connectivity index (χ0) is 19.2. The van der Waals surface area contributed by atoms with Gasteiger partial charge in [0, 0.05) is 32.2 Å². The highest BCUT2D eigenvalue weighted by molar-refractivity contribution is 14.0. The Morgan fingerprint density at radius 2 is 1.71 bits per heavy atom. The van der Waals surface area contributed by atoms with Crippen LogP contribution in [0.4, 0.5) is 0 Å². The minimum atomic E-state index is 0. The van der Waals surface area contributed by atoms with Crippen LogP contribution >= 0.6 is 24.0 Å². The first-order valence-electron chi connectivity index (χ1n) is 9.02. The van der Waals surface area contributed by atoms with Crippen LogP contribution in [0.15, 0.2) is 41.4 Å². The SMILES string of the molecule is CN=C(NCc1ccc(OC)c(OC)c1OC)N1CCc2ccccc2C1.I. The summed E-state index contributed by atoms with van der Waals surface area (Å²) in [7, 11) is 6.68. The van der Waals surface area contributed by atoms with Crippen LogP contribution in [0.1, 0.15) is 16.7 Å². The second-order valence-corrected chi connectivity index (χ2v) is 6.33. The fourth-order valence-corrected chi connectivity index (χ4v) is 3.49. The zero-order valence-corrected chi connectivity index (χ0v) is 19.2. The molecule has 0 fully saturated rings. The lowest BCUT2D eigenvalue weighted by atomic mass is 10.0. The molecule has 2 aromatic rings. The molecule has 0 bridgehead atoms. The normalized spacial score (nSPS) is 13.3. The molecule has 7 heteroatoms. The summed E-state index contributed by atoms with van der Waals surface area (Å²) in [5, 5.41) is 3.45. The van der Waals surface area contributed by atoms with E-state index in [1.54, 1.807) is 21.3 Å². The first-order valence-corrected chi connectivity index (χ1v) is 9.02. The molecule has 28 heavy (non-hydrogen) atoms. The molecule has 0 amide bonds. The van der Waals surface area contributed by atoms with Crippen molar-refractivity contribution in [1.29, 1.82) is 0 Å². The maximum Gasteiger partial charge on any atom is 0.203 e. The van der Waals surface area contributed by atoms with Crippen LogP contribution in [0.3, 0.4) is 0 Å². The Bertz CT molecular complexity index is 827. The van der Waals surface area contributed by atoms with E-state index < -0.39 is 0 Å². The molecule has 0 aliphatic carbocycles. The van der Waals surface area contributed by atoms with E-state index in [0.717, 1.165) is 31.0 Å². The average molecular weight is 497 g/mol. The van der Waals surface area contributed by atoms with E-state index in [2.05, 4.69) is 39.5 Å². The Balaban J connectivity index is 0.00000280. The number of nitrogens with zero attached hydrogens (tertiary/aromatic N) is 2. The predicted octanol–water partition coefficient (Wildman–Crippen LogP) is 3.46. The molecule has 0 aromatic heterocycles. The molecule has 0 spiro atoms. The van der Waals surface area contributed by atoms with Gasteiger partial charge in [0.15, 0.2) is 17.5 Å². The lowest BCUT2D eigenvalue weighted by Gasteiger charge is -2.31. The van der Waals surface area contributed by atoms with E-state index in [4.69, 9.17) is 14.2 Å². The molecular formula is C21H28IN3O3. The summed E-state index contributed by atoms with van der Waals surface area (Å²) in [6, 6.07) is 12.5. The molecule has 1 aliphatic rings. The maximum absolute atomic E-state index is 5.57. The molecular weight excluding hydrogens is 469 g/mol. The topological polar surface area (TPSA) is 55.3 Å².